The Labute approximate surface area is 192 Å². The lowest BCUT2D eigenvalue weighted by Gasteiger charge is -2.17. The molecule has 0 unspecified atom stereocenters. The van der Waals surface area contributed by atoms with Crippen molar-refractivity contribution in [2.45, 2.75) is 37.5 Å². The fraction of sp³-hybridized carbons (Fsp3) is 0.348. The van der Waals surface area contributed by atoms with Crippen LogP contribution in [0.2, 0.25) is 0 Å². The van der Waals surface area contributed by atoms with E-state index in [-0.39, 0.29) is 22.5 Å². The molecule has 9 nitrogen and oxygen atoms in total. The SMILES string of the molecule is COc1cccc(NS(=O)(=O)c2cc(-c3noc(C(=O)N4CCCCCC4)n3)ccc2C)c1. The van der Waals surface area contributed by atoms with E-state index >= 15 is 0 Å². The van der Waals surface area contributed by atoms with Gasteiger partial charge in [0.25, 0.3) is 10.0 Å². The maximum atomic E-state index is 13.1. The molecule has 0 spiro atoms. The van der Waals surface area contributed by atoms with Crippen LogP contribution in [0.5, 0.6) is 5.75 Å². The van der Waals surface area contributed by atoms with E-state index in [0.717, 1.165) is 25.7 Å². The lowest BCUT2D eigenvalue weighted by molar-refractivity contribution is 0.0711. The van der Waals surface area contributed by atoms with Crippen LogP contribution in [0.25, 0.3) is 11.4 Å². The first-order valence-electron chi connectivity index (χ1n) is 10.8. The van der Waals surface area contributed by atoms with Gasteiger partial charge in [0.1, 0.15) is 5.75 Å². The highest BCUT2D eigenvalue weighted by atomic mass is 32.2. The third-order valence-electron chi connectivity index (χ3n) is 5.56. The number of nitrogens with one attached hydrogen (secondary N) is 1. The van der Waals surface area contributed by atoms with Crippen molar-refractivity contribution in [3.63, 3.8) is 0 Å². The summed E-state index contributed by atoms with van der Waals surface area (Å²) in [5.74, 6) is 0.307. The van der Waals surface area contributed by atoms with Gasteiger partial charge in [-0.3, -0.25) is 9.52 Å². The predicted octanol–water partition coefficient (Wildman–Crippen LogP) is 3.87. The third kappa shape index (κ3) is 5.16. The van der Waals surface area contributed by atoms with E-state index in [2.05, 4.69) is 14.9 Å². The Bertz CT molecular complexity index is 1250. The molecule has 4 rings (SSSR count). The Morgan fingerprint density at radius 3 is 2.58 bits per heavy atom. The Hall–Kier alpha value is -3.40. The first kappa shape index (κ1) is 22.8. The molecule has 0 atom stereocenters. The van der Waals surface area contributed by atoms with Crippen molar-refractivity contribution in [3.05, 3.63) is 53.9 Å². The summed E-state index contributed by atoms with van der Waals surface area (Å²) in [5.41, 5.74) is 1.37. The van der Waals surface area contributed by atoms with Gasteiger partial charge in [-0.05, 0) is 43.5 Å². The molecule has 174 valence electrons. The van der Waals surface area contributed by atoms with Crippen molar-refractivity contribution in [2.75, 3.05) is 24.9 Å². The van der Waals surface area contributed by atoms with Crippen LogP contribution < -0.4 is 9.46 Å². The molecule has 1 aliphatic rings. The maximum Gasteiger partial charge on any atom is 0.316 e. The molecule has 2 heterocycles. The molecule has 1 amide bonds. The topological polar surface area (TPSA) is 115 Å². The van der Waals surface area contributed by atoms with Gasteiger partial charge in [0, 0.05) is 24.7 Å². The van der Waals surface area contributed by atoms with Crippen molar-refractivity contribution in [1.82, 2.24) is 15.0 Å². The summed E-state index contributed by atoms with van der Waals surface area (Å²) in [7, 11) is -2.39. The van der Waals surface area contributed by atoms with Gasteiger partial charge in [-0.15, -0.1) is 0 Å². The molecular formula is C23H26N4O5S. The molecule has 0 radical (unpaired) electrons. The molecule has 2 aromatic carbocycles. The summed E-state index contributed by atoms with van der Waals surface area (Å²) < 4.78 is 39.1. The highest BCUT2D eigenvalue weighted by Gasteiger charge is 2.24. The van der Waals surface area contributed by atoms with Crippen molar-refractivity contribution in [1.29, 1.82) is 0 Å². The summed E-state index contributed by atoms with van der Waals surface area (Å²) in [6, 6.07) is 11.5. The maximum absolute atomic E-state index is 13.1. The van der Waals surface area contributed by atoms with Gasteiger partial charge >= 0.3 is 11.8 Å². The van der Waals surface area contributed by atoms with Crippen molar-refractivity contribution >= 4 is 21.6 Å². The third-order valence-corrected chi connectivity index (χ3v) is 7.08. The number of benzene rings is 2. The van der Waals surface area contributed by atoms with E-state index in [1.807, 2.05) is 0 Å². The van der Waals surface area contributed by atoms with E-state index < -0.39 is 10.0 Å². The molecule has 1 saturated heterocycles. The number of aryl methyl sites for hydroxylation is 1. The minimum atomic E-state index is -3.90. The zero-order chi connectivity index (χ0) is 23.4. The highest BCUT2D eigenvalue weighted by molar-refractivity contribution is 7.92. The molecular weight excluding hydrogens is 444 g/mol. The Morgan fingerprint density at radius 2 is 1.85 bits per heavy atom. The minimum absolute atomic E-state index is 0.0769. The number of hydrogen-bond donors (Lipinski definition) is 1. The van der Waals surface area contributed by atoms with Gasteiger partial charge in [0.05, 0.1) is 17.7 Å². The monoisotopic (exact) mass is 470 g/mol. The number of ether oxygens (including phenoxy) is 1. The minimum Gasteiger partial charge on any atom is -0.497 e. The second kappa shape index (κ2) is 9.62. The van der Waals surface area contributed by atoms with Crippen molar-refractivity contribution in [3.8, 4) is 17.1 Å². The summed E-state index contributed by atoms with van der Waals surface area (Å²) in [4.78, 5) is 18.8. The lowest BCUT2D eigenvalue weighted by Crippen LogP contribution is -2.32. The Balaban J connectivity index is 1.59. The first-order valence-corrected chi connectivity index (χ1v) is 12.3. The van der Waals surface area contributed by atoms with E-state index in [1.165, 1.54) is 13.2 Å². The number of hydrogen-bond acceptors (Lipinski definition) is 7. The fourth-order valence-electron chi connectivity index (χ4n) is 3.76. The number of amides is 1. The number of sulfonamides is 1. The smallest absolute Gasteiger partial charge is 0.316 e. The van der Waals surface area contributed by atoms with Crippen molar-refractivity contribution < 1.29 is 22.5 Å². The average molecular weight is 471 g/mol. The zero-order valence-electron chi connectivity index (χ0n) is 18.6. The van der Waals surface area contributed by atoms with E-state index in [0.29, 0.717) is 35.7 Å². The number of carbonyl (C=O) groups is 1. The number of nitrogens with zero attached hydrogens (tertiary/aromatic N) is 3. The van der Waals surface area contributed by atoms with Gasteiger partial charge in [0.15, 0.2) is 0 Å². The number of methoxy groups -OCH3 is 1. The normalized spacial score (nSPS) is 14.5. The number of carbonyl (C=O) groups excluding carboxylic acids is 1. The summed E-state index contributed by atoms with van der Waals surface area (Å²) in [6.45, 7) is 3.03. The van der Waals surface area contributed by atoms with Crippen LogP contribution in [-0.4, -0.2) is 49.6 Å². The number of likely N-dealkylation sites (tertiary alicyclic amines) is 1. The summed E-state index contributed by atoms with van der Waals surface area (Å²) in [5, 5.41) is 3.92. The Morgan fingerprint density at radius 1 is 1.09 bits per heavy atom. The van der Waals surface area contributed by atoms with Crippen LogP contribution >= 0.6 is 0 Å². The molecule has 0 aliphatic carbocycles. The molecule has 1 aliphatic heterocycles. The van der Waals surface area contributed by atoms with Crippen LogP contribution in [0.3, 0.4) is 0 Å². The number of aromatic nitrogens is 2. The van der Waals surface area contributed by atoms with Gasteiger partial charge in [0.2, 0.25) is 5.82 Å². The van der Waals surface area contributed by atoms with Crippen LogP contribution in [0.1, 0.15) is 41.9 Å². The fourth-order valence-corrected chi connectivity index (χ4v) is 5.08. The van der Waals surface area contributed by atoms with E-state index in [4.69, 9.17) is 9.26 Å². The van der Waals surface area contributed by atoms with E-state index in [9.17, 15) is 13.2 Å². The van der Waals surface area contributed by atoms with E-state index in [1.54, 1.807) is 48.2 Å². The molecule has 3 aromatic rings. The average Bonchev–Trinajstić information content (AvgIpc) is 3.14. The van der Waals surface area contributed by atoms with Crippen LogP contribution in [0.4, 0.5) is 5.69 Å². The largest absolute Gasteiger partial charge is 0.497 e. The Kier molecular flexibility index (Phi) is 6.64. The summed E-state index contributed by atoms with van der Waals surface area (Å²) >= 11 is 0. The molecule has 1 fully saturated rings. The predicted molar refractivity (Wildman–Crippen MR) is 123 cm³/mol. The molecule has 0 saturated carbocycles. The van der Waals surface area contributed by atoms with Crippen LogP contribution in [0.15, 0.2) is 51.9 Å². The summed E-state index contributed by atoms with van der Waals surface area (Å²) in [6.07, 6.45) is 4.10. The van der Waals surface area contributed by atoms with Gasteiger partial charge in [-0.25, -0.2) is 8.42 Å². The second-order valence-electron chi connectivity index (χ2n) is 7.95. The lowest BCUT2D eigenvalue weighted by atomic mass is 10.1. The van der Waals surface area contributed by atoms with Gasteiger partial charge in [-0.1, -0.05) is 36.2 Å². The van der Waals surface area contributed by atoms with Gasteiger partial charge in [-0.2, -0.15) is 4.98 Å². The van der Waals surface area contributed by atoms with Crippen molar-refractivity contribution in [2.24, 2.45) is 0 Å². The zero-order valence-corrected chi connectivity index (χ0v) is 19.4. The van der Waals surface area contributed by atoms with Gasteiger partial charge < -0.3 is 14.2 Å². The highest BCUT2D eigenvalue weighted by Crippen LogP contribution is 2.26. The number of anilines is 1. The molecule has 1 aromatic heterocycles. The quantitative estimate of drug-likeness (QED) is 0.581. The standard InChI is InChI=1S/C23H26N4O5S/c1-16-10-11-17(14-20(16)33(29,30)26-18-8-7-9-19(15-18)31-2)21-24-22(32-25-21)23(28)27-12-5-3-4-6-13-27/h7-11,14-15,26H,3-6,12-13H2,1-2H3. The second-order valence-corrected chi connectivity index (χ2v) is 9.60. The van der Waals surface area contributed by atoms with Crippen LogP contribution in [0, 0.1) is 6.92 Å². The number of rotatable bonds is 6. The molecule has 10 heteroatoms. The molecule has 1 N–H and O–H groups in total. The first-order chi connectivity index (χ1) is 15.9. The molecule has 33 heavy (non-hydrogen) atoms. The molecule has 0 bridgehead atoms. The van der Waals surface area contributed by atoms with Crippen LogP contribution in [-0.2, 0) is 10.0 Å².